The van der Waals surface area contributed by atoms with E-state index in [1.807, 2.05) is 0 Å². The predicted molar refractivity (Wildman–Crippen MR) is 58.5 cm³/mol. The summed E-state index contributed by atoms with van der Waals surface area (Å²) in [6.45, 7) is -0.690. The predicted octanol–water partition coefficient (Wildman–Crippen LogP) is 2.48. The molecule has 6 heteroatoms. The number of rotatable bonds is 5. The topological polar surface area (TPSA) is 29.3 Å². The highest BCUT2D eigenvalue weighted by Crippen LogP contribution is 2.34. The zero-order chi connectivity index (χ0) is 13.1. The maximum Gasteiger partial charge on any atom is 0.319 e. The SMILES string of the molecule is CN(CC(F)(F)C(F)F)C1(CN)CCCCC1. The fraction of sp³-hybridized carbons (Fsp3) is 1.00. The van der Waals surface area contributed by atoms with Crippen LogP contribution in [0.4, 0.5) is 17.6 Å². The molecule has 0 aromatic carbocycles. The first-order valence-corrected chi connectivity index (χ1v) is 5.91. The Kier molecular flexibility index (Phi) is 4.77. The molecule has 2 N–H and O–H groups in total. The number of alkyl halides is 4. The van der Waals surface area contributed by atoms with E-state index in [4.69, 9.17) is 5.73 Å². The molecule has 2 nitrogen and oxygen atoms in total. The number of hydrogen-bond donors (Lipinski definition) is 1. The van der Waals surface area contributed by atoms with Gasteiger partial charge in [-0.25, -0.2) is 8.78 Å². The molecule has 0 aromatic heterocycles. The highest BCUT2D eigenvalue weighted by atomic mass is 19.3. The molecule has 0 heterocycles. The van der Waals surface area contributed by atoms with Gasteiger partial charge in [-0.2, -0.15) is 8.78 Å². The minimum atomic E-state index is -3.96. The zero-order valence-electron chi connectivity index (χ0n) is 10.1. The van der Waals surface area contributed by atoms with E-state index in [1.54, 1.807) is 0 Å². The molecule has 1 aliphatic rings. The number of likely N-dealkylation sites (N-methyl/N-ethyl adjacent to an activating group) is 1. The number of halogens is 4. The second-order valence-electron chi connectivity index (χ2n) is 4.91. The maximum atomic E-state index is 13.0. The van der Waals surface area contributed by atoms with Gasteiger partial charge in [0.1, 0.15) is 0 Å². The summed E-state index contributed by atoms with van der Waals surface area (Å²) in [6.07, 6.45) is 0.687. The molecule has 0 radical (unpaired) electrons. The third kappa shape index (κ3) is 3.31. The van der Waals surface area contributed by atoms with Crippen LogP contribution >= 0.6 is 0 Å². The molecular formula is C11H20F4N2. The van der Waals surface area contributed by atoms with Crippen LogP contribution in [0, 0.1) is 0 Å². The van der Waals surface area contributed by atoms with Crippen LogP contribution in [0.2, 0.25) is 0 Å². The van der Waals surface area contributed by atoms with Crippen LogP contribution < -0.4 is 5.73 Å². The third-order valence-electron chi connectivity index (χ3n) is 3.74. The fourth-order valence-electron chi connectivity index (χ4n) is 2.50. The lowest BCUT2D eigenvalue weighted by Crippen LogP contribution is -2.57. The van der Waals surface area contributed by atoms with E-state index in [0.29, 0.717) is 12.8 Å². The largest absolute Gasteiger partial charge is 0.329 e. The summed E-state index contributed by atoms with van der Waals surface area (Å²) in [6, 6.07) is 0. The Labute approximate surface area is 99.1 Å². The molecule has 0 saturated heterocycles. The maximum absolute atomic E-state index is 13.0. The van der Waals surface area contributed by atoms with Crippen LogP contribution in [0.5, 0.6) is 0 Å². The normalized spacial score (nSPS) is 21.2. The monoisotopic (exact) mass is 256 g/mol. The van der Waals surface area contributed by atoms with Gasteiger partial charge in [0.2, 0.25) is 0 Å². The fourth-order valence-corrected chi connectivity index (χ4v) is 2.50. The molecule has 0 aromatic rings. The molecule has 1 aliphatic carbocycles. The minimum absolute atomic E-state index is 0.239. The average Bonchev–Trinajstić information content (AvgIpc) is 2.29. The lowest BCUT2D eigenvalue weighted by molar-refractivity contribution is -0.151. The van der Waals surface area contributed by atoms with Gasteiger partial charge in [-0.05, 0) is 19.9 Å². The van der Waals surface area contributed by atoms with Crippen molar-refractivity contribution in [3.05, 3.63) is 0 Å². The molecule has 0 bridgehead atoms. The first-order chi connectivity index (χ1) is 7.84. The van der Waals surface area contributed by atoms with E-state index >= 15 is 0 Å². The van der Waals surface area contributed by atoms with Crippen LogP contribution in [0.25, 0.3) is 0 Å². The molecule has 102 valence electrons. The van der Waals surface area contributed by atoms with E-state index in [-0.39, 0.29) is 6.54 Å². The molecule has 0 atom stereocenters. The highest BCUT2D eigenvalue weighted by Gasteiger charge is 2.46. The Balaban J connectivity index is 2.69. The molecule has 1 saturated carbocycles. The van der Waals surface area contributed by atoms with Gasteiger partial charge in [-0.15, -0.1) is 0 Å². The van der Waals surface area contributed by atoms with Crippen molar-refractivity contribution < 1.29 is 17.6 Å². The Hall–Kier alpha value is -0.360. The van der Waals surface area contributed by atoms with Gasteiger partial charge < -0.3 is 5.73 Å². The van der Waals surface area contributed by atoms with E-state index in [1.165, 1.54) is 11.9 Å². The van der Waals surface area contributed by atoms with Crippen molar-refractivity contribution in [1.29, 1.82) is 0 Å². The number of hydrogen-bond acceptors (Lipinski definition) is 2. The standard InChI is InChI=1S/C11H20F4N2/c1-17(8-11(14,15)9(12)13)10(7-16)5-3-2-4-6-10/h9H,2-8,16H2,1H3. The number of nitrogens with zero attached hydrogens (tertiary/aromatic N) is 1. The van der Waals surface area contributed by atoms with Crippen molar-refractivity contribution in [3.8, 4) is 0 Å². The van der Waals surface area contributed by atoms with E-state index in [9.17, 15) is 17.6 Å². The summed E-state index contributed by atoms with van der Waals surface area (Å²) in [5, 5.41) is 0. The van der Waals surface area contributed by atoms with Gasteiger partial charge in [-0.3, -0.25) is 4.90 Å². The van der Waals surface area contributed by atoms with Crippen molar-refractivity contribution >= 4 is 0 Å². The van der Waals surface area contributed by atoms with Gasteiger partial charge in [0.05, 0.1) is 6.54 Å². The van der Waals surface area contributed by atoms with E-state index in [2.05, 4.69) is 0 Å². The lowest BCUT2D eigenvalue weighted by atomic mass is 9.80. The van der Waals surface area contributed by atoms with Crippen molar-refractivity contribution in [2.45, 2.75) is 50.0 Å². The summed E-state index contributed by atoms with van der Waals surface area (Å²) in [7, 11) is 1.47. The molecule has 0 aliphatic heterocycles. The summed E-state index contributed by atoms with van der Waals surface area (Å²) < 4.78 is 50.4. The third-order valence-corrected chi connectivity index (χ3v) is 3.74. The Morgan fingerprint density at radius 2 is 1.76 bits per heavy atom. The summed E-state index contributed by atoms with van der Waals surface area (Å²) >= 11 is 0. The van der Waals surface area contributed by atoms with Crippen LogP contribution in [-0.4, -0.2) is 42.9 Å². The smallest absolute Gasteiger partial charge is 0.319 e. The van der Waals surface area contributed by atoms with E-state index in [0.717, 1.165) is 19.3 Å². The minimum Gasteiger partial charge on any atom is -0.329 e. The first-order valence-electron chi connectivity index (χ1n) is 5.91. The second kappa shape index (κ2) is 5.52. The average molecular weight is 256 g/mol. The summed E-state index contributed by atoms with van der Waals surface area (Å²) in [5.74, 6) is -3.96. The molecule has 0 spiro atoms. The lowest BCUT2D eigenvalue weighted by Gasteiger charge is -2.45. The Morgan fingerprint density at radius 1 is 1.24 bits per heavy atom. The second-order valence-corrected chi connectivity index (χ2v) is 4.91. The number of nitrogens with two attached hydrogens (primary N) is 1. The van der Waals surface area contributed by atoms with E-state index < -0.39 is 24.4 Å². The van der Waals surface area contributed by atoms with Gasteiger partial charge in [0, 0.05) is 12.1 Å². The molecular weight excluding hydrogens is 236 g/mol. The van der Waals surface area contributed by atoms with Gasteiger partial charge >= 0.3 is 12.3 Å². The molecule has 1 fully saturated rings. The van der Waals surface area contributed by atoms with Crippen molar-refractivity contribution in [1.82, 2.24) is 4.90 Å². The van der Waals surface area contributed by atoms with Gasteiger partial charge in [0.15, 0.2) is 0 Å². The van der Waals surface area contributed by atoms with Gasteiger partial charge in [0.25, 0.3) is 0 Å². The Bertz CT molecular complexity index is 240. The van der Waals surface area contributed by atoms with Gasteiger partial charge in [-0.1, -0.05) is 19.3 Å². The molecule has 1 rings (SSSR count). The van der Waals surface area contributed by atoms with Crippen LogP contribution in [0.1, 0.15) is 32.1 Å². The molecule has 17 heavy (non-hydrogen) atoms. The van der Waals surface area contributed by atoms with Crippen LogP contribution in [0.3, 0.4) is 0 Å². The van der Waals surface area contributed by atoms with Crippen molar-refractivity contribution in [2.24, 2.45) is 5.73 Å². The summed E-state index contributed by atoms with van der Waals surface area (Å²) in [5.41, 5.74) is 5.13. The molecule has 0 amide bonds. The van der Waals surface area contributed by atoms with Crippen molar-refractivity contribution in [2.75, 3.05) is 20.1 Å². The van der Waals surface area contributed by atoms with Crippen LogP contribution in [0.15, 0.2) is 0 Å². The summed E-state index contributed by atoms with van der Waals surface area (Å²) in [4.78, 5) is 1.33. The zero-order valence-corrected chi connectivity index (χ0v) is 10.1. The highest BCUT2D eigenvalue weighted by molar-refractivity contribution is 4.94. The quantitative estimate of drug-likeness (QED) is 0.766. The van der Waals surface area contributed by atoms with Crippen molar-refractivity contribution in [3.63, 3.8) is 0 Å². The Morgan fingerprint density at radius 3 is 2.18 bits per heavy atom. The van der Waals surface area contributed by atoms with Crippen LogP contribution in [-0.2, 0) is 0 Å². The molecule has 0 unspecified atom stereocenters. The first kappa shape index (κ1) is 14.7.